The summed E-state index contributed by atoms with van der Waals surface area (Å²) in [6.45, 7) is 5.53. The number of ether oxygens (including phenoxy) is 7. The van der Waals surface area contributed by atoms with Gasteiger partial charge in [-0.25, -0.2) is 9.13 Å². The van der Waals surface area contributed by atoms with Crippen molar-refractivity contribution in [3.8, 4) is 0 Å². The molecular weight excluding hydrogens is 1500 g/mol. The maximum atomic E-state index is 13.7. The van der Waals surface area contributed by atoms with E-state index >= 15 is 0 Å². The quantitative estimate of drug-likeness (QED) is 0.0286. The van der Waals surface area contributed by atoms with Crippen LogP contribution < -0.4 is 0 Å². The highest BCUT2D eigenvalue weighted by Gasteiger charge is 2.45. The van der Waals surface area contributed by atoms with Crippen LogP contribution in [0.25, 0.3) is 0 Å². The molecule has 650 valence electrons. The van der Waals surface area contributed by atoms with Gasteiger partial charge >= 0.3 is 15.6 Å². The van der Waals surface area contributed by atoms with E-state index in [1.807, 2.05) is 13.8 Å². The van der Waals surface area contributed by atoms with Crippen LogP contribution in [0.4, 0.5) is 0 Å². The third-order valence-electron chi connectivity index (χ3n) is 20.2. The third kappa shape index (κ3) is 42.8. The highest BCUT2D eigenvalue weighted by molar-refractivity contribution is 7.47. The number of phosphoric acid groups is 2. The molecule has 0 saturated carbocycles. The second-order valence-corrected chi connectivity index (χ2v) is 32.6. The number of Topliss-reactive ketones (excluding diaryl/α,β-unsaturated/α-hetero) is 3. The number of nitrogens with zero attached hydrogens (tertiary/aromatic N) is 3. The topological polar surface area (TPSA) is 491 Å². The van der Waals surface area contributed by atoms with Crippen molar-refractivity contribution < 1.29 is 150 Å². The fraction of sp³-hybridized carbons (Fsp3) is 0.920. The normalized spacial score (nSPS) is 25.3. The second kappa shape index (κ2) is 58.8. The standard InChI is InChI=1S/C75H139N3O31P2/c1-54(2)99-46-37-77(65(87)34-22-10-7-16-28-59(84)31-19-13-25-44-101-74-56(4)68(90)71(93)62(52-81)108-74)39-48-104-111(97,98)106-50-41-78(66(88)35-23-11-8-17-29-60(85)32-20-14-26-45-102-75-57(5)69(91)72(94)63(53-82)109-75)40-49-105-110(95,96)103-47-38-76(36-42-79)64(86)33-21-9-6-15-27-58(83)30-18-12-24-43-100-73-55(3)67(89)70(92)61(51-80)107-73/h54-57,61-63,67-75,79-82,89-94H,6-53H2,1-5H3,(H,95,96)(H,97,98)/t55?,56?,57?,61?,62?,63?,67-,68-,69-,70+,71+,72+,73-,74-,75-/m1/s1. The van der Waals surface area contributed by atoms with Crippen LogP contribution in [0.3, 0.4) is 0 Å². The molecule has 0 bridgehead atoms. The van der Waals surface area contributed by atoms with E-state index in [0.717, 1.165) is 19.3 Å². The number of hydrogen-bond donors (Lipinski definition) is 12. The number of carbonyl (C=O) groups is 6. The fourth-order valence-electron chi connectivity index (χ4n) is 13.1. The molecule has 0 spiro atoms. The first kappa shape index (κ1) is 102. The van der Waals surface area contributed by atoms with Crippen LogP contribution in [0.1, 0.15) is 227 Å². The highest BCUT2D eigenvalue weighted by atomic mass is 31.2. The Bertz CT molecular complexity index is 2640. The van der Waals surface area contributed by atoms with Gasteiger partial charge in [0, 0.05) is 135 Å². The number of aliphatic hydroxyl groups excluding tert-OH is 10. The molecule has 3 saturated heterocycles. The lowest BCUT2D eigenvalue weighted by molar-refractivity contribution is -0.282. The lowest BCUT2D eigenvalue weighted by Gasteiger charge is -2.40. The van der Waals surface area contributed by atoms with Crippen molar-refractivity contribution in [2.45, 2.75) is 307 Å². The molecule has 0 radical (unpaired) electrons. The van der Waals surface area contributed by atoms with Gasteiger partial charge in [0.25, 0.3) is 0 Å². The molecule has 36 heteroatoms. The predicted molar refractivity (Wildman–Crippen MR) is 404 cm³/mol. The summed E-state index contributed by atoms with van der Waals surface area (Å²) < 4.78 is 87.1. The molecule has 3 fully saturated rings. The summed E-state index contributed by atoms with van der Waals surface area (Å²) in [5.74, 6) is -2.13. The Morgan fingerprint density at radius 2 is 0.568 bits per heavy atom. The van der Waals surface area contributed by atoms with Crippen LogP contribution in [0.2, 0.25) is 0 Å². The minimum Gasteiger partial charge on any atom is -0.395 e. The molecular formula is C75H139N3O31P2. The maximum absolute atomic E-state index is 13.7. The zero-order chi connectivity index (χ0) is 82.2. The van der Waals surface area contributed by atoms with Gasteiger partial charge in [0.05, 0.1) is 83.9 Å². The Balaban J connectivity index is 1.43. The molecule has 3 aliphatic rings. The molecule has 34 nitrogen and oxygen atoms in total. The van der Waals surface area contributed by atoms with E-state index < -0.39 is 159 Å². The summed E-state index contributed by atoms with van der Waals surface area (Å²) in [5.41, 5.74) is 0. The number of carbonyl (C=O) groups excluding carboxylic acids is 6. The summed E-state index contributed by atoms with van der Waals surface area (Å²) >= 11 is 0. The molecule has 3 amide bonds. The Labute approximate surface area is 656 Å². The molecule has 0 aromatic heterocycles. The largest absolute Gasteiger partial charge is 0.472 e. The Morgan fingerprint density at radius 1 is 0.333 bits per heavy atom. The lowest BCUT2D eigenvalue weighted by atomic mass is 9.92. The van der Waals surface area contributed by atoms with E-state index in [-0.39, 0.29) is 107 Å². The first-order chi connectivity index (χ1) is 53.0. The third-order valence-corrected chi connectivity index (χ3v) is 22.2. The summed E-state index contributed by atoms with van der Waals surface area (Å²) in [5, 5.41) is 99.0. The van der Waals surface area contributed by atoms with Gasteiger partial charge in [0.1, 0.15) is 54.0 Å². The van der Waals surface area contributed by atoms with E-state index in [4.69, 9.17) is 51.3 Å². The number of rotatable bonds is 67. The molecule has 12 N–H and O–H groups in total. The lowest BCUT2D eigenvalue weighted by Crippen LogP contribution is -2.55. The molecule has 8 unspecified atom stereocenters. The van der Waals surface area contributed by atoms with Crippen molar-refractivity contribution >= 4 is 50.7 Å². The van der Waals surface area contributed by atoms with Crippen LogP contribution in [-0.4, -0.2) is 309 Å². The van der Waals surface area contributed by atoms with E-state index in [0.29, 0.717) is 174 Å². The van der Waals surface area contributed by atoms with Crippen molar-refractivity contribution in [2.75, 3.05) is 119 Å². The number of hydrogen-bond acceptors (Lipinski definition) is 29. The van der Waals surface area contributed by atoms with Crippen LogP contribution in [0.5, 0.6) is 0 Å². The van der Waals surface area contributed by atoms with E-state index in [9.17, 15) is 98.7 Å². The Morgan fingerprint density at radius 3 is 0.811 bits per heavy atom. The van der Waals surface area contributed by atoms with Crippen molar-refractivity contribution in [1.29, 1.82) is 0 Å². The molecule has 3 heterocycles. The zero-order valence-corrected chi connectivity index (χ0v) is 68.3. The van der Waals surface area contributed by atoms with Gasteiger partial charge in [-0.2, -0.15) is 0 Å². The Kier molecular flexibility index (Phi) is 54.1. The minimum absolute atomic E-state index is 0.0000810. The molecule has 0 aromatic carbocycles. The average Bonchev–Trinajstić information content (AvgIpc) is 0.831. The van der Waals surface area contributed by atoms with Gasteiger partial charge in [-0.1, -0.05) is 78.6 Å². The smallest absolute Gasteiger partial charge is 0.395 e. The van der Waals surface area contributed by atoms with Crippen LogP contribution in [0.15, 0.2) is 0 Å². The van der Waals surface area contributed by atoms with Crippen LogP contribution >= 0.6 is 15.6 Å². The van der Waals surface area contributed by atoms with Gasteiger partial charge in [0.2, 0.25) is 17.7 Å². The van der Waals surface area contributed by atoms with Crippen molar-refractivity contribution in [3.63, 3.8) is 0 Å². The van der Waals surface area contributed by atoms with E-state index in [1.165, 1.54) is 14.7 Å². The Hall–Kier alpha value is -3.04. The van der Waals surface area contributed by atoms with Gasteiger partial charge in [0.15, 0.2) is 18.9 Å². The molecule has 3 aliphatic heterocycles. The number of ketones is 3. The zero-order valence-electron chi connectivity index (χ0n) is 66.5. The van der Waals surface area contributed by atoms with Crippen molar-refractivity contribution in [1.82, 2.24) is 14.7 Å². The average molecular weight is 1640 g/mol. The van der Waals surface area contributed by atoms with Gasteiger partial charge in [-0.15, -0.1) is 0 Å². The van der Waals surface area contributed by atoms with Gasteiger partial charge < -0.3 is 109 Å². The minimum atomic E-state index is -4.80. The van der Waals surface area contributed by atoms with E-state index in [2.05, 4.69) is 0 Å². The highest BCUT2D eigenvalue weighted by Crippen LogP contribution is 2.44. The summed E-state index contributed by atoms with van der Waals surface area (Å²) in [7, 11) is -9.59. The molecule has 0 aromatic rings. The van der Waals surface area contributed by atoms with Crippen molar-refractivity contribution in [2.24, 2.45) is 17.8 Å². The number of aliphatic hydroxyl groups is 10. The predicted octanol–water partition coefficient (Wildman–Crippen LogP) is 4.84. The van der Waals surface area contributed by atoms with Gasteiger partial charge in [-0.3, -0.25) is 46.9 Å². The maximum Gasteiger partial charge on any atom is 0.472 e. The SMILES string of the molecule is CC(C)OCCN(CCOP(=O)(O)OCCN(CCOP(=O)(O)OCCN(CCO)C(=O)CCCCCCC(=O)CCCCCO[C@@H]1OC(CO)[C@H](O)[C@H](O)C1C)C(=O)CCCCCCC(=O)CCCCCO[C@@H]1OC(CO)[C@H](O)[C@H](O)C1C)C(=O)CCCCCCC(=O)CCCCCO[C@@H]1OC(CO)[C@H](O)[C@H](O)C1C. The van der Waals surface area contributed by atoms with Crippen LogP contribution in [-0.2, 0) is 89.2 Å². The molecule has 17 atom stereocenters. The second-order valence-electron chi connectivity index (χ2n) is 29.7. The first-order valence-electron chi connectivity index (χ1n) is 40.6. The molecule has 3 rings (SSSR count). The first-order valence-corrected chi connectivity index (χ1v) is 43.6. The molecule has 111 heavy (non-hydrogen) atoms. The summed E-state index contributed by atoms with van der Waals surface area (Å²) in [6.07, 6.45) is 3.87. The number of amides is 3. The summed E-state index contributed by atoms with van der Waals surface area (Å²) in [4.78, 5) is 104. The number of unbranched alkanes of at least 4 members (excludes halogenated alkanes) is 15. The number of phosphoric ester groups is 2. The molecule has 0 aliphatic carbocycles. The monoisotopic (exact) mass is 1640 g/mol. The van der Waals surface area contributed by atoms with Crippen molar-refractivity contribution in [3.05, 3.63) is 0 Å². The van der Waals surface area contributed by atoms with E-state index in [1.54, 1.807) is 20.8 Å². The van der Waals surface area contributed by atoms with Gasteiger partial charge in [-0.05, 0) is 90.9 Å². The van der Waals surface area contributed by atoms with Crippen LogP contribution in [0, 0.1) is 17.8 Å². The summed E-state index contributed by atoms with van der Waals surface area (Å²) in [6, 6.07) is 0. The fourth-order valence-corrected chi connectivity index (χ4v) is 14.5.